The number of nitrogens with one attached hydrogen (secondary N) is 1. The van der Waals surface area contributed by atoms with Crippen molar-refractivity contribution >= 4 is 22.2 Å². The summed E-state index contributed by atoms with van der Waals surface area (Å²) in [6, 6.07) is 8.16. The number of hydrogen-bond donors (Lipinski definition) is 1. The van der Waals surface area contributed by atoms with Crippen LogP contribution in [0, 0.1) is 31.1 Å². The minimum Gasteiger partial charge on any atom is -0.483 e. The highest BCUT2D eigenvalue weighted by Gasteiger charge is 2.24. The Morgan fingerprint density at radius 2 is 2.12 bits per heavy atom. The van der Waals surface area contributed by atoms with Gasteiger partial charge in [0.2, 0.25) is 0 Å². The molecule has 0 spiro atoms. The summed E-state index contributed by atoms with van der Waals surface area (Å²) >= 11 is 1.54. The predicted octanol–water partition coefficient (Wildman–Crippen LogP) is 4.38. The molecular weight excluding hydrogens is 332 g/mol. The zero-order chi connectivity index (χ0) is 18.0. The topological polar surface area (TPSA) is 62.1 Å². The van der Waals surface area contributed by atoms with E-state index >= 15 is 0 Å². The number of hydrogen-bond acceptors (Lipinski definition) is 4. The second-order valence-electron chi connectivity index (χ2n) is 6.73. The maximum Gasteiger partial charge on any atom is 0.262 e. The van der Waals surface area contributed by atoms with Crippen LogP contribution in [0.3, 0.4) is 0 Å². The number of nitrogens with zero attached hydrogens (tertiary/aromatic N) is 1. The van der Waals surface area contributed by atoms with Crippen molar-refractivity contribution in [3.63, 3.8) is 0 Å². The van der Waals surface area contributed by atoms with Crippen LogP contribution < -0.4 is 10.1 Å². The van der Waals surface area contributed by atoms with Crippen molar-refractivity contribution in [1.82, 2.24) is 0 Å². The fraction of sp³-hybridized carbons (Fsp3) is 0.400. The molecule has 25 heavy (non-hydrogen) atoms. The van der Waals surface area contributed by atoms with E-state index in [0.29, 0.717) is 16.5 Å². The van der Waals surface area contributed by atoms with Gasteiger partial charge in [0.25, 0.3) is 5.91 Å². The first kappa shape index (κ1) is 17.5. The third kappa shape index (κ3) is 3.69. The van der Waals surface area contributed by atoms with Crippen molar-refractivity contribution in [3.05, 3.63) is 45.3 Å². The molecule has 1 aliphatic carbocycles. The fourth-order valence-electron chi connectivity index (χ4n) is 3.28. The lowest BCUT2D eigenvalue weighted by atomic mass is 9.89. The Hall–Kier alpha value is -2.32. The van der Waals surface area contributed by atoms with Gasteiger partial charge in [-0.2, -0.15) is 5.26 Å². The van der Waals surface area contributed by atoms with E-state index in [4.69, 9.17) is 4.74 Å². The van der Waals surface area contributed by atoms with Crippen LogP contribution in [0.2, 0.25) is 0 Å². The van der Waals surface area contributed by atoms with Crippen LogP contribution in [0.15, 0.2) is 18.2 Å². The zero-order valence-corrected chi connectivity index (χ0v) is 15.6. The SMILES string of the molecule is Cc1cccc(C)c1OCC(=O)Nc1sc2c(c1C#N)CCC(C)C2. The first-order valence-electron chi connectivity index (χ1n) is 8.53. The summed E-state index contributed by atoms with van der Waals surface area (Å²) in [4.78, 5) is 13.6. The Balaban J connectivity index is 1.71. The lowest BCUT2D eigenvalue weighted by Gasteiger charge is -2.17. The molecular formula is C20H22N2O2S. The highest BCUT2D eigenvalue weighted by Crippen LogP contribution is 2.39. The number of carbonyl (C=O) groups is 1. The fourth-order valence-corrected chi connectivity index (χ4v) is 4.66. The van der Waals surface area contributed by atoms with Gasteiger partial charge in [-0.15, -0.1) is 11.3 Å². The molecule has 1 heterocycles. The number of rotatable bonds is 4. The molecule has 0 bridgehead atoms. The maximum absolute atomic E-state index is 12.3. The number of anilines is 1. The molecule has 0 aliphatic heterocycles. The number of amides is 1. The molecule has 1 atom stereocenters. The van der Waals surface area contributed by atoms with E-state index < -0.39 is 0 Å². The Kier molecular flexibility index (Phi) is 5.10. The predicted molar refractivity (Wildman–Crippen MR) is 100 cm³/mol. The van der Waals surface area contributed by atoms with E-state index in [2.05, 4.69) is 18.3 Å². The number of carbonyl (C=O) groups excluding carboxylic acids is 1. The second-order valence-corrected chi connectivity index (χ2v) is 7.83. The molecule has 1 N–H and O–H groups in total. The molecule has 1 aromatic heterocycles. The van der Waals surface area contributed by atoms with Gasteiger partial charge in [0.15, 0.2) is 6.61 Å². The van der Waals surface area contributed by atoms with Gasteiger partial charge in [0, 0.05) is 4.88 Å². The zero-order valence-electron chi connectivity index (χ0n) is 14.8. The van der Waals surface area contributed by atoms with E-state index in [0.717, 1.165) is 41.7 Å². The summed E-state index contributed by atoms with van der Waals surface area (Å²) in [7, 11) is 0. The molecule has 130 valence electrons. The number of nitriles is 1. The molecule has 5 heteroatoms. The third-order valence-corrected chi connectivity index (χ3v) is 5.80. The van der Waals surface area contributed by atoms with Crippen LogP contribution in [0.5, 0.6) is 5.75 Å². The molecule has 0 saturated carbocycles. The van der Waals surface area contributed by atoms with Crippen LogP contribution in [0.25, 0.3) is 0 Å². The number of para-hydroxylation sites is 1. The van der Waals surface area contributed by atoms with Gasteiger partial charge in [-0.3, -0.25) is 4.79 Å². The van der Waals surface area contributed by atoms with Gasteiger partial charge in [-0.1, -0.05) is 25.1 Å². The van der Waals surface area contributed by atoms with Gasteiger partial charge in [-0.05, 0) is 55.7 Å². The van der Waals surface area contributed by atoms with Crippen LogP contribution >= 0.6 is 11.3 Å². The summed E-state index contributed by atoms with van der Waals surface area (Å²) in [5.74, 6) is 1.15. The quantitative estimate of drug-likeness (QED) is 0.886. The summed E-state index contributed by atoms with van der Waals surface area (Å²) in [6.07, 6.45) is 3.01. The molecule has 1 aliphatic rings. The van der Waals surface area contributed by atoms with Gasteiger partial charge in [0.05, 0.1) is 5.56 Å². The summed E-state index contributed by atoms with van der Waals surface area (Å²) in [5, 5.41) is 13.0. The van der Waals surface area contributed by atoms with Crippen molar-refractivity contribution in [1.29, 1.82) is 5.26 Å². The molecule has 2 aromatic rings. The minimum atomic E-state index is -0.231. The standard InChI is InChI=1S/C20H22N2O2S/c1-12-7-8-15-16(10-21)20(25-17(15)9-12)22-18(23)11-24-19-13(2)5-4-6-14(19)3/h4-6,12H,7-9,11H2,1-3H3,(H,22,23). The molecule has 0 saturated heterocycles. The molecule has 3 rings (SSSR count). The number of benzene rings is 1. The highest BCUT2D eigenvalue weighted by atomic mass is 32.1. The van der Waals surface area contributed by atoms with E-state index in [9.17, 15) is 10.1 Å². The van der Waals surface area contributed by atoms with Gasteiger partial charge >= 0.3 is 0 Å². The number of ether oxygens (including phenoxy) is 1. The molecule has 1 amide bonds. The van der Waals surface area contributed by atoms with Gasteiger partial charge < -0.3 is 10.1 Å². The van der Waals surface area contributed by atoms with E-state index in [1.54, 1.807) is 0 Å². The first-order chi connectivity index (χ1) is 12.0. The van der Waals surface area contributed by atoms with Crippen molar-refractivity contribution in [2.45, 2.75) is 40.0 Å². The largest absolute Gasteiger partial charge is 0.483 e. The van der Waals surface area contributed by atoms with Crippen molar-refractivity contribution in [2.75, 3.05) is 11.9 Å². The van der Waals surface area contributed by atoms with Gasteiger partial charge in [-0.25, -0.2) is 0 Å². The number of fused-ring (bicyclic) bond motifs is 1. The van der Waals surface area contributed by atoms with Crippen LogP contribution in [-0.4, -0.2) is 12.5 Å². The summed E-state index contributed by atoms with van der Waals surface area (Å²) in [5.41, 5.74) is 3.76. The average Bonchev–Trinajstić information content (AvgIpc) is 2.90. The van der Waals surface area contributed by atoms with E-state index in [-0.39, 0.29) is 12.5 Å². The number of aryl methyl sites for hydroxylation is 2. The summed E-state index contributed by atoms with van der Waals surface area (Å²) in [6.45, 7) is 6.09. The third-order valence-electron chi connectivity index (χ3n) is 4.63. The molecule has 4 nitrogen and oxygen atoms in total. The molecule has 1 aromatic carbocycles. The van der Waals surface area contributed by atoms with Crippen LogP contribution in [0.1, 0.15) is 40.5 Å². The van der Waals surface area contributed by atoms with Crippen molar-refractivity contribution in [3.8, 4) is 11.8 Å². The second kappa shape index (κ2) is 7.28. The lowest BCUT2D eigenvalue weighted by molar-refractivity contribution is -0.118. The Labute approximate surface area is 152 Å². The number of thiophene rings is 1. The Bertz CT molecular complexity index is 828. The minimum absolute atomic E-state index is 0.0600. The van der Waals surface area contributed by atoms with Crippen LogP contribution in [-0.2, 0) is 17.6 Å². The Morgan fingerprint density at radius 1 is 1.40 bits per heavy atom. The lowest BCUT2D eigenvalue weighted by Crippen LogP contribution is -2.20. The van der Waals surface area contributed by atoms with E-state index in [1.165, 1.54) is 16.2 Å². The monoisotopic (exact) mass is 354 g/mol. The smallest absolute Gasteiger partial charge is 0.262 e. The highest BCUT2D eigenvalue weighted by molar-refractivity contribution is 7.16. The molecule has 1 unspecified atom stereocenters. The normalized spacial score (nSPS) is 16.0. The molecule has 0 fully saturated rings. The van der Waals surface area contributed by atoms with Crippen molar-refractivity contribution < 1.29 is 9.53 Å². The first-order valence-corrected chi connectivity index (χ1v) is 9.34. The van der Waals surface area contributed by atoms with Crippen molar-refractivity contribution in [2.24, 2.45) is 5.92 Å². The molecule has 0 radical (unpaired) electrons. The van der Waals surface area contributed by atoms with Crippen LogP contribution in [0.4, 0.5) is 5.00 Å². The van der Waals surface area contributed by atoms with E-state index in [1.807, 2.05) is 32.0 Å². The van der Waals surface area contributed by atoms with Gasteiger partial charge in [0.1, 0.15) is 16.8 Å². The maximum atomic E-state index is 12.3. The summed E-state index contributed by atoms with van der Waals surface area (Å²) < 4.78 is 5.70. The average molecular weight is 354 g/mol. The Morgan fingerprint density at radius 3 is 2.80 bits per heavy atom.